The van der Waals surface area contributed by atoms with Gasteiger partial charge in [-0.3, -0.25) is 15.1 Å². The van der Waals surface area contributed by atoms with E-state index in [9.17, 15) is 14.5 Å². The average molecular weight is 293 g/mol. The van der Waals surface area contributed by atoms with Gasteiger partial charge in [-0.05, 0) is 25.5 Å². The second kappa shape index (κ2) is 5.61. The normalized spacial score (nSPS) is 13.9. The number of rotatable bonds is 5. The summed E-state index contributed by atoms with van der Waals surface area (Å²) in [5.74, 6) is -0.930. The maximum atomic E-state index is 14.1. The third-order valence-electron chi connectivity index (χ3n) is 3.33. The highest BCUT2D eigenvalue weighted by molar-refractivity contribution is 5.92. The van der Waals surface area contributed by atoms with Crippen molar-refractivity contribution < 1.29 is 14.1 Å². The van der Waals surface area contributed by atoms with E-state index in [0.29, 0.717) is 6.42 Å². The molecule has 2 aromatic rings. The van der Waals surface area contributed by atoms with E-state index in [1.807, 2.05) is 6.92 Å². The Hall–Kier alpha value is -2.28. The highest BCUT2D eigenvalue weighted by Crippen LogP contribution is 2.34. The van der Waals surface area contributed by atoms with Gasteiger partial charge in [-0.15, -0.1) is 0 Å². The number of aromatic nitrogens is 1. The van der Waals surface area contributed by atoms with Crippen molar-refractivity contribution in [3.05, 3.63) is 40.3 Å². The lowest BCUT2D eigenvalue weighted by atomic mass is 10.0. The third-order valence-corrected chi connectivity index (χ3v) is 3.33. The highest BCUT2D eigenvalue weighted by atomic mass is 19.1. The first-order valence-electron chi connectivity index (χ1n) is 6.49. The van der Waals surface area contributed by atoms with Gasteiger partial charge in [0, 0.05) is 11.7 Å². The Labute approximate surface area is 120 Å². The maximum absolute atomic E-state index is 14.1. The minimum atomic E-state index is -0.820. The summed E-state index contributed by atoms with van der Waals surface area (Å²) in [6.45, 7) is 3.77. The first kappa shape index (κ1) is 15.1. The van der Waals surface area contributed by atoms with Crippen molar-refractivity contribution in [2.24, 2.45) is 5.73 Å². The summed E-state index contributed by atoms with van der Waals surface area (Å²) < 4.78 is 19.6. The zero-order valence-electron chi connectivity index (χ0n) is 11.8. The quantitative estimate of drug-likeness (QED) is 0.676. The summed E-state index contributed by atoms with van der Waals surface area (Å²) in [7, 11) is 0. The lowest BCUT2D eigenvalue weighted by Crippen LogP contribution is -2.41. The van der Waals surface area contributed by atoms with E-state index >= 15 is 0 Å². The van der Waals surface area contributed by atoms with Crippen LogP contribution in [0.1, 0.15) is 20.3 Å². The molecule has 112 valence electrons. The van der Waals surface area contributed by atoms with Crippen LogP contribution in [0.4, 0.5) is 10.1 Å². The molecule has 0 aliphatic rings. The third kappa shape index (κ3) is 3.08. The summed E-state index contributed by atoms with van der Waals surface area (Å²) in [5.41, 5.74) is 5.13. The molecule has 1 unspecified atom stereocenters. The van der Waals surface area contributed by atoms with Crippen molar-refractivity contribution in [1.82, 2.24) is 4.98 Å². The standard InChI is InChI=1S/C14H16FN3O3/c1-3-14(2,16)8-21-13-10(15)7-11(18(19)20)9-5-4-6-17-12(9)13/h4-7H,3,8,16H2,1-2H3. The van der Waals surface area contributed by atoms with E-state index in [1.54, 1.807) is 13.0 Å². The van der Waals surface area contributed by atoms with Gasteiger partial charge in [0.2, 0.25) is 0 Å². The molecule has 21 heavy (non-hydrogen) atoms. The monoisotopic (exact) mass is 293 g/mol. The second-order valence-corrected chi connectivity index (χ2v) is 5.16. The molecule has 7 heteroatoms. The van der Waals surface area contributed by atoms with Gasteiger partial charge in [-0.2, -0.15) is 0 Å². The molecule has 0 bridgehead atoms. The van der Waals surface area contributed by atoms with E-state index < -0.39 is 16.3 Å². The summed E-state index contributed by atoms with van der Waals surface area (Å²) in [6.07, 6.45) is 2.08. The second-order valence-electron chi connectivity index (χ2n) is 5.16. The van der Waals surface area contributed by atoms with Crippen LogP contribution in [0.15, 0.2) is 24.4 Å². The van der Waals surface area contributed by atoms with E-state index in [1.165, 1.54) is 12.3 Å². The highest BCUT2D eigenvalue weighted by Gasteiger charge is 2.23. The van der Waals surface area contributed by atoms with Gasteiger partial charge >= 0.3 is 0 Å². The molecule has 2 rings (SSSR count). The van der Waals surface area contributed by atoms with Crippen LogP contribution in [-0.2, 0) is 0 Å². The summed E-state index contributed by atoms with van der Waals surface area (Å²) in [5, 5.41) is 11.2. The molecular formula is C14H16FN3O3. The first-order valence-corrected chi connectivity index (χ1v) is 6.49. The zero-order valence-corrected chi connectivity index (χ0v) is 11.8. The molecule has 2 N–H and O–H groups in total. The fourth-order valence-corrected chi connectivity index (χ4v) is 1.80. The van der Waals surface area contributed by atoms with Crippen molar-refractivity contribution in [2.45, 2.75) is 25.8 Å². The van der Waals surface area contributed by atoms with Crippen LogP contribution < -0.4 is 10.5 Å². The number of halogens is 1. The van der Waals surface area contributed by atoms with Gasteiger partial charge < -0.3 is 10.5 Å². The summed E-state index contributed by atoms with van der Waals surface area (Å²) >= 11 is 0. The molecular weight excluding hydrogens is 277 g/mol. The largest absolute Gasteiger partial charge is 0.486 e. The molecule has 6 nitrogen and oxygen atoms in total. The minimum absolute atomic E-state index is 0.0872. The SMILES string of the molecule is CCC(C)(N)COc1c(F)cc([N+](=O)[O-])c2cccnc12. The lowest BCUT2D eigenvalue weighted by Gasteiger charge is -2.23. The van der Waals surface area contributed by atoms with Crippen molar-refractivity contribution in [1.29, 1.82) is 0 Å². The Morgan fingerprint density at radius 3 is 2.90 bits per heavy atom. The minimum Gasteiger partial charge on any atom is -0.486 e. The molecule has 0 radical (unpaired) electrons. The van der Waals surface area contributed by atoms with Crippen LogP contribution >= 0.6 is 0 Å². The molecule has 0 spiro atoms. The Balaban J connectivity index is 2.52. The van der Waals surface area contributed by atoms with Crippen LogP contribution in [0.2, 0.25) is 0 Å². The number of ether oxygens (including phenoxy) is 1. The number of hydrogen-bond donors (Lipinski definition) is 1. The lowest BCUT2D eigenvalue weighted by molar-refractivity contribution is -0.383. The first-order chi connectivity index (χ1) is 9.85. The van der Waals surface area contributed by atoms with Crippen LogP contribution in [0.3, 0.4) is 0 Å². The number of nitrogens with zero attached hydrogens (tertiary/aromatic N) is 2. The van der Waals surface area contributed by atoms with Crippen molar-refractivity contribution in [3.8, 4) is 5.75 Å². The number of nitro benzene ring substituents is 1. The fourth-order valence-electron chi connectivity index (χ4n) is 1.80. The topological polar surface area (TPSA) is 91.3 Å². The van der Waals surface area contributed by atoms with Gasteiger partial charge in [0.05, 0.1) is 16.4 Å². The average Bonchev–Trinajstić information content (AvgIpc) is 2.45. The predicted molar refractivity (Wildman–Crippen MR) is 76.7 cm³/mol. The predicted octanol–water partition coefficient (Wildman–Crippen LogP) is 2.79. The Morgan fingerprint density at radius 1 is 1.57 bits per heavy atom. The van der Waals surface area contributed by atoms with E-state index in [0.717, 1.165) is 6.07 Å². The smallest absolute Gasteiger partial charge is 0.281 e. The van der Waals surface area contributed by atoms with Crippen LogP contribution in [-0.4, -0.2) is 22.1 Å². The molecule has 0 amide bonds. The Morgan fingerprint density at radius 2 is 2.29 bits per heavy atom. The van der Waals surface area contributed by atoms with Crippen LogP contribution in [0.25, 0.3) is 10.9 Å². The van der Waals surface area contributed by atoms with Crippen LogP contribution in [0.5, 0.6) is 5.75 Å². The van der Waals surface area contributed by atoms with Gasteiger partial charge in [-0.25, -0.2) is 4.39 Å². The van der Waals surface area contributed by atoms with Gasteiger partial charge in [0.1, 0.15) is 12.1 Å². The molecule has 0 saturated heterocycles. The summed E-state index contributed by atoms with van der Waals surface area (Å²) in [6, 6.07) is 3.91. The van der Waals surface area contributed by atoms with E-state index in [4.69, 9.17) is 10.5 Å². The molecule has 0 aliphatic carbocycles. The Bertz CT molecular complexity index is 688. The number of pyridine rings is 1. The molecule has 1 aromatic heterocycles. The molecule has 1 aromatic carbocycles. The molecule has 1 heterocycles. The van der Waals surface area contributed by atoms with Crippen molar-refractivity contribution in [3.63, 3.8) is 0 Å². The Kier molecular flexibility index (Phi) is 4.04. The maximum Gasteiger partial charge on any atom is 0.281 e. The molecule has 0 fully saturated rings. The van der Waals surface area contributed by atoms with Crippen LogP contribution in [0, 0.1) is 15.9 Å². The number of benzene rings is 1. The van der Waals surface area contributed by atoms with E-state index in [2.05, 4.69) is 4.98 Å². The number of non-ortho nitro benzene ring substituents is 1. The zero-order chi connectivity index (χ0) is 15.6. The van der Waals surface area contributed by atoms with Crippen molar-refractivity contribution in [2.75, 3.05) is 6.61 Å². The van der Waals surface area contributed by atoms with Gasteiger partial charge in [-0.1, -0.05) is 6.92 Å². The van der Waals surface area contributed by atoms with Gasteiger partial charge in [0.25, 0.3) is 5.69 Å². The number of fused-ring (bicyclic) bond motifs is 1. The van der Waals surface area contributed by atoms with Crippen molar-refractivity contribution >= 4 is 16.6 Å². The van der Waals surface area contributed by atoms with Gasteiger partial charge in [0.15, 0.2) is 11.6 Å². The molecule has 1 atom stereocenters. The number of nitrogens with two attached hydrogens (primary N) is 1. The number of nitro groups is 1. The fraction of sp³-hybridized carbons (Fsp3) is 0.357. The number of hydrogen-bond acceptors (Lipinski definition) is 5. The summed E-state index contributed by atoms with van der Waals surface area (Å²) in [4.78, 5) is 14.4. The van der Waals surface area contributed by atoms with E-state index in [-0.39, 0.29) is 28.9 Å². The molecule has 0 aliphatic heterocycles. The molecule has 0 saturated carbocycles.